The molecule has 0 aliphatic heterocycles. The highest BCUT2D eigenvalue weighted by molar-refractivity contribution is 5.51. The van der Waals surface area contributed by atoms with E-state index in [1.807, 2.05) is 22.5 Å². The summed E-state index contributed by atoms with van der Waals surface area (Å²) in [6.45, 7) is 7.71. The molecule has 0 aliphatic rings. The summed E-state index contributed by atoms with van der Waals surface area (Å²) in [7, 11) is 1.94. The topological polar surface area (TPSA) is 57.8 Å². The Morgan fingerprint density at radius 2 is 2.11 bits per heavy atom. The van der Waals surface area contributed by atoms with Gasteiger partial charge in [-0.05, 0) is 27.2 Å². The minimum Gasteiger partial charge on any atom is -0.376 e. The summed E-state index contributed by atoms with van der Waals surface area (Å²) in [6, 6.07) is 0. The molecule has 0 saturated heterocycles. The first kappa shape index (κ1) is 13.7. The van der Waals surface area contributed by atoms with E-state index >= 15 is 0 Å². The predicted octanol–water partition coefficient (Wildman–Crippen LogP) is 1.88. The summed E-state index contributed by atoms with van der Waals surface area (Å²) < 4.78 is 9.44. The minimum atomic E-state index is -0.0811. The third-order valence-corrected chi connectivity index (χ3v) is 2.68. The fourth-order valence-corrected chi connectivity index (χ4v) is 1.73. The van der Waals surface area contributed by atoms with Crippen molar-refractivity contribution in [2.24, 2.45) is 7.05 Å². The van der Waals surface area contributed by atoms with Gasteiger partial charge in [0, 0.05) is 20.2 Å². The number of imidazole rings is 1. The number of nitrogens with zero attached hydrogens (tertiary/aromatic N) is 5. The van der Waals surface area contributed by atoms with Crippen molar-refractivity contribution in [3.05, 3.63) is 18.7 Å². The van der Waals surface area contributed by atoms with Crippen LogP contribution >= 0.6 is 0 Å². The van der Waals surface area contributed by atoms with Gasteiger partial charge in [-0.25, -0.2) is 4.98 Å². The molecule has 19 heavy (non-hydrogen) atoms. The minimum absolute atomic E-state index is 0.0811. The van der Waals surface area contributed by atoms with Crippen molar-refractivity contribution in [1.82, 2.24) is 24.5 Å². The van der Waals surface area contributed by atoms with Crippen molar-refractivity contribution in [3.63, 3.8) is 0 Å². The highest BCUT2D eigenvalue weighted by Crippen LogP contribution is 2.14. The molecule has 0 atom stereocenters. The van der Waals surface area contributed by atoms with Crippen molar-refractivity contribution in [2.45, 2.75) is 39.3 Å². The maximum atomic E-state index is 5.67. The number of aromatic nitrogens is 5. The Morgan fingerprint density at radius 1 is 1.32 bits per heavy atom. The van der Waals surface area contributed by atoms with Gasteiger partial charge in [0.25, 0.3) is 0 Å². The zero-order chi connectivity index (χ0) is 13.9. The second-order valence-corrected chi connectivity index (χ2v) is 5.57. The van der Waals surface area contributed by atoms with E-state index in [4.69, 9.17) is 4.74 Å². The van der Waals surface area contributed by atoms with Crippen LogP contribution in [0.15, 0.2) is 18.7 Å². The van der Waals surface area contributed by atoms with Gasteiger partial charge in [0.05, 0.1) is 30.0 Å². The predicted molar refractivity (Wildman–Crippen MR) is 72.5 cm³/mol. The van der Waals surface area contributed by atoms with E-state index in [2.05, 4.69) is 36.1 Å². The molecule has 2 aromatic heterocycles. The van der Waals surface area contributed by atoms with E-state index in [0.717, 1.165) is 31.0 Å². The molecule has 0 aliphatic carbocycles. The van der Waals surface area contributed by atoms with Crippen molar-refractivity contribution in [1.29, 1.82) is 0 Å². The summed E-state index contributed by atoms with van der Waals surface area (Å²) in [5.74, 6) is 0. The molecule has 0 saturated carbocycles. The normalized spacial score (nSPS) is 12.0. The molecule has 0 N–H and O–H groups in total. The largest absolute Gasteiger partial charge is 0.376 e. The SMILES string of the molecule is Cn1cncc1-c1cn(CCCOC(C)(C)C)nn1. The van der Waals surface area contributed by atoms with Crippen molar-refractivity contribution in [2.75, 3.05) is 6.61 Å². The number of aryl methyl sites for hydroxylation is 2. The Bertz CT molecular complexity index is 523. The molecule has 2 aromatic rings. The molecule has 6 heteroatoms. The highest BCUT2D eigenvalue weighted by atomic mass is 16.5. The van der Waals surface area contributed by atoms with Gasteiger partial charge in [-0.3, -0.25) is 4.68 Å². The Balaban J connectivity index is 1.87. The van der Waals surface area contributed by atoms with Crippen LogP contribution in [-0.2, 0) is 18.3 Å². The van der Waals surface area contributed by atoms with Crippen LogP contribution in [0.25, 0.3) is 11.4 Å². The first-order chi connectivity index (χ1) is 8.96. The molecule has 2 rings (SSSR count). The maximum Gasteiger partial charge on any atom is 0.131 e. The maximum absolute atomic E-state index is 5.67. The van der Waals surface area contributed by atoms with Crippen LogP contribution in [0.5, 0.6) is 0 Å². The smallest absolute Gasteiger partial charge is 0.131 e. The van der Waals surface area contributed by atoms with Crippen LogP contribution in [0.4, 0.5) is 0 Å². The highest BCUT2D eigenvalue weighted by Gasteiger charge is 2.10. The second-order valence-electron chi connectivity index (χ2n) is 5.57. The number of ether oxygens (including phenoxy) is 1. The number of rotatable bonds is 5. The molecule has 0 bridgehead atoms. The summed E-state index contributed by atoms with van der Waals surface area (Å²) >= 11 is 0. The van der Waals surface area contributed by atoms with Gasteiger partial charge in [-0.2, -0.15) is 0 Å². The third kappa shape index (κ3) is 3.89. The van der Waals surface area contributed by atoms with E-state index in [1.54, 1.807) is 12.5 Å². The van der Waals surface area contributed by atoms with Crippen molar-refractivity contribution >= 4 is 0 Å². The average Bonchev–Trinajstić information content (AvgIpc) is 2.91. The third-order valence-electron chi connectivity index (χ3n) is 2.68. The molecule has 0 radical (unpaired) electrons. The zero-order valence-electron chi connectivity index (χ0n) is 12.0. The van der Waals surface area contributed by atoms with Gasteiger partial charge < -0.3 is 9.30 Å². The lowest BCUT2D eigenvalue weighted by Gasteiger charge is -2.19. The summed E-state index contributed by atoms with van der Waals surface area (Å²) in [4.78, 5) is 4.08. The van der Waals surface area contributed by atoms with Crippen LogP contribution in [-0.4, -0.2) is 36.8 Å². The molecule has 2 heterocycles. The second kappa shape index (κ2) is 5.52. The van der Waals surface area contributed by atoms with Gasteiger partial charge in [0.15, 0.2) is 0 Å². The van der Waals surface area contributed by atoms with E-state index in [-0.39, 0.29) is 5.60 Å². The summed E-state index contributed by atoms with van der Waals surface area (Å²) in [5, 5.41) is 8.28. The van der Waals surface area contributed by atoms with E-state index in [9.17, 15) is 0 Å². The van der Waals surface area contributed by atoms with Gasteiger partial charge in [-0.1, -0.05) is 5.21 Å². The summed E-state index contributed by atoms with van der Waals surface area (Å²) in [6.07, 6.45) is 6.40. The first-order valence-electron chi connectivity index (χ1n) is 6.46. The molecule has 0 aromatic carbocycles. The Hall–Kier alpha value is -1.69. The van der Waals surface area contributed by atoms with Crippen LogP contribution in [0.3, 0.4) is 0 Å². The lowest BCUT2D eigenvalue weighted by Crippen LogP contribution is -2.20. The fraction of sp³-hybridized carbons (Fsp3) is 0.615. The standard InChI is InChI=1S/C13H21N5O/c1-13(2,3)19-7-5-6-18-9-11(15-16-18)12-8-14-10-17(12)4/h8-10H,5-7H2,1-4H3. The molecule has 0 unspecified atom stereocenters. The zero-order valence-corrected chi connectivity index (χ0v) is 12.0. The lowest BCUT2D eigenvalue weighted by molar-refractivity contribution is -0.00558. The molecule has 6 nitrogen and oxygen atoms in total. The van der Waals surface area contributed by atoms with E-state index < -0.39 is 0 Å². The van der Waals surface area contributed by atoms with Crippen LogP contribution in [0, 0.1) is 0 Å². The number of hydrogen-bond donors (Lipinski definition) is 0. The lowest BCUT2D eigenvalue weighted by atomic mass is 10.2. The van der Waals surface area contributed by atoms with Gasteiger partial charge in [0.2, 0.25) is 0 Å². The Labute approximate surface area is 113 Å². The van der Waals surface area contributed by atoms with Gasteiger partial charge >= 0.3 is 0 Å². The molecule has 0 fully saturated rings. The summed E-state index contributed by atoms with van der Waals surface area (Å²) in [5.41, 5.74) is 1.73. The van der Waals surface area contributed by atoms with Crippen molar-refractivity contribution < 1.29 is 4.74 Å². The van der Waals surface area contributed by atoms with E-state index in [0.29, 0.717) is 0 Å². The molecular weight excluding hydrogens is 242 g/mol. The Kier molecular flexibility index (Phi) is 3.99. The quantitative estimate of drug-likeness (QED) is 0.773. The van der Waals surface area contributed by atoms with Crippen LogP contribution < -0.4 is 0 Å². The van der Waals surface area contributed by atoms with Gasteiger partial charge in [0.1, 0.15) is 5.69 Å². The van der Waals surface area contributed by atoms with E-state index in [1.165, 1.54) is 0 Å². The molecule has 104 valence electrons. The number of hydrogen-bond acceptors (Lipinski definition) is 4. The molecular formula is C13H21N5O. The van der Waals surface area contributed by atoms with Crippen LogP contribution in [0.2, 0.25) is 0 Å². The van der Waals surface area contributed by atoms with Gasteiger partial charge in [-0.15, -0.1) is 5.10 Å². The Morgan fingerprint density at radius 3 is 2.74 bits per heavy atom. The van der Waals surface area contributed by atoms with Crippen molar-refractivity contribution in [3.8, 4) is 11.4 Å². The fourth-order valence-electron chi connectivity index (χ4n) is 1.73. The average molecular weight is 263 g/mol. The molecule has 0 spiro atoms. The van der Waals surface area contributed by atoms with Crippen LogP contribution in [0.1, 0.15) is 27.2 Å². The first-order valence-corrected chi connectivity index (χ1v) is 6.46. The monoisotopic (exact) mass is 263 g/mol. The molecule has 0 amide bonds.